The summed E-state index contributed by atoms with van der Waals surface area (Å²) in [5.74, 6) is 0.267. The summed E-state index contributed by atoms with van der Waals surface area (Å²) in [5, 5.41) is 2.53. The van der Waals surface area contributed by atoms with E-state index < -0.39 is 5.97 Å². The van der Waals surface area contributed by atoms with Crippen LogP contribution in [0.5, 0.6) is 0 Å². The summed E-state index contributed by atoms with van der Waals surface area (Å²) >= 11 is 0. The molecule has 0 bridgehead atoms. The average Bonchev–Trinajstić information content (AvgIpc) is 2.26. The Balaban J connectivity index is 2.25. The van der Waals surface area contributed by atoms with Crippen molar-refractivity contribution in [1.82, 2.24) is 10.2 Å². The number of esters is 1. The highest BCUT2D eigenvalue weighted by Crippen LogP contribution is 2.15. The molecule has 1 fully saturated rings. The van der Waals surface area contributed by atoms with Gasteiger partial charge in [-0.15, -0.1) is 0 Å². The first kappa shape index (κ1) is 11.8. The molecule has 0 aromatic heterocycles. The van der Waals surface area contributed by atoms with E-state index in [4.69, 9.17) is 0 Å². The lowest BCUT2D eigenvalue weighted by molar-refractivity contribution is -0.139. The fourth-order valence-corrected chi connectivity index (χ4v) is 1.54. The Kier molecular flexibility index (Phi) is 4.39. The molecule has 0 radical (unpaired) electrons. The first-order chi connectivity index (χ1) is 7.13. The molecule has 1 aliphatic heterocycles. The lowest BCUT2D eigenvalue weighted by Gasteiger charge is -2.30. The van der Waals surface area contributed by atoms with Gasteiger partial charge >= 0.3 is 12.0 Å². The van der Waals surface area contributed by atoms with Gasteiger partial charge in [-0.05, 0) is 18.8 Å². The smallest absolute Gasteiger partial charge is 0.325 e. The number of rotatable bonds is 2. The normalized spacial score (nSPS) is 17.3. The summed E-state index contributed by atoms with van der Waals surface area (Å²) in [6.07, 6.45) is 2.07. The molecule has 1 saturated heterocycles. The second-order valence-corrected chi connectivity index (χ2v) is 3.90. The number of nitrogens with zero attached hydrogens (tertiary/aromatic N) is 1. The molecule has 0 aliphatic carbocycles. The highest BCUT2D eigenvalue weighted by atomic mass is 16.5. The van der Waals surface area contributed by atoms with Gasteiger partial charge in [-0.25, -0.2) is 4.79 Å². The predicted octanol–water partition coefficient (Wildman–Crippen LogP) is 0.601. The highest BCUT2D eigenvalue weighted by molar-refractivity contribution is 5.80. The van der Waals surface area contributed by atoms with E-state index in [1.54, 1.807) is 4.90 Å². The second kappa shape index (κ2) is 5.58. The van der Waals surface area contributed by atoms with Gasteiger partial charge in [-0.2, -0.15) is 0 Å². The standard InChI is InChI=1S/C10H18N2O3/c1-8-3-5-12(6-4-8)10(14)11-7-9(13)15-2/h8H,3-7H2,1-2H3,(H,11,14). The number of amides is 2. The molecule has 1 rings (SSSR count). The van der Waals surface area contributed by atoms with Gasteiger partial charge in [0.15, 0.2) is 0 Å². The number of hydrogen-bond acceptors (Lipinski definition) is 3. The lowest BCUT2D eigenvalue weighted by Crippen LogP contribution is -2.45. The second-order valence-electron chi connectivity index (χ2n) is 3.90. The number of nitrogens with one attached hydrogen (secondary N) is 1. The Labute approximate surface area is 89.8 Å². The molecule has 0 aromatic rings. The molecule has 0 atom stereocenters. The zero-order valence-electron chi connectivity index (χ0n) is 9.28. The van der Waals surface area contributed by atoms with E-state index in [-0.39, 0.29) is 12.6 Å². The molecule has 0 saturated carbocycles. The highest BCUT2D eigenvalue weighted by Gasteiger charge is 2.20. The van der Waals surface area contributed by atoms with Crippen LogP contribution in [0.3, 0.4) is 0 Å². The summed E-state index contributed by atoms with van der Waals surface area (Å²) in [6, 6.07) is -0.174. The Morgan fingerprint density at radius 3 is 2.53 bits per heavy atom. The number of ether oxygens (including phenoxy) is 1. The molecule has 1 aliphatic rings. The molecule has 1 heterocycles. The van der Waals surface area contributed by atoms with Crippen molar-refractivity contribution in [2.45, 2.75) is 19.8 Å². The van der Waals surface area contributed by atoms with E-state index in [0.29, 0.717) is 5.92 Å². The summed E-state index contributed by atoms with van der Waals surface area (Å²) in [6.45, 7) is 3.67. The van der Waals surface area contributed by atoms with Crippen molar-refractivity contribution in [3.8, 4) is 0 Å². The molecular formula is C10H18N2O3. The van der Waals surface area contributed by atoms with Crippen molar-refractivity contribution in [2.24, 2.45) is 5.92 Å². The summed E-state index contributed by atoms with van der Waals surface area (Å²) in [7, 11) is 1.30. The van der Waals surface area contributed by atoms with Crippen molar-refractivity contribution >= 4 is 12.0 Å². The van der Waals surface area contributed by atoms with Crippen LogP contribution in [0.1, 0.15) is 19.8 Å². The van der Waals surface area contributed by atoms with Crippen molar-refractivity contribution in [3.63, 3.8) is 0 Å². The van der Waals surface area contributed by atoms with E-state index in [9.17, 15) is 9.59 Å². The minimum Gasteiger partial charge on any atom is -0.468 e. The Morgan fingerprint density at radius 2 is 2.00 bits per heavy atom. The van der Waals surface area contributed by atoms with Gasteiger partial charge in [0.05, 0.1) is 7.11 Å². The number of urea groups is 1. The number of carbonyl (C=O) groups excluding carboxylic acids is 2. The molecule has 0 aromatic carbocycles. The fraction of sp³-hybridized carbons (Fsp3) is 0.800. The SMILES string of the molecule is COC(=O)CNC(=O)N1CCC(C)CC1. The predicted molar refractivity (Wildman–Crippen MR) is 55.4 cm³/mol. The molecule has 2 amide bonds. The summed E-state index contributed by atoms with van der Waals surface area (Å²) in [4.78, 5) is 24.1. The van der Waals surface area contributed by atoms with Gasteiger partial charge in [-0.3, -0.25) is 4.79 Å². The van der Waals surface area contributed by atoms with E-state index >= 15 is 0 Å². The molecule has 5 heteroatoms. The Morgan fingerprint density at radius 1 is 1.40 bits per heavy atom. The Bertz CT molecular complexity index is 235. The van der Waals surface area contributed by atoms with E-state index in [0.717, 1.165) is 25.9 Å². The molecule has 1 N–H and O–H groups in total. The Hall–Kier alpha value is -1.26. The molecule has 0 unspecified atom stereocenters. The molecular weight excluding hydrogens is 196 g/mol. The third kappa shape index (κ3) is 3.77. The minimum absolute atomic E-state index is 0.0542. The third-order valence-corrected chi connectivity index (χ3v) is 2.68. The van der Waals surface area contributed by atoms with E-state index in [2.05, 4.69) is 17.0 Å². The van der Waals surface area contributed by atoms with Gasteiger partial charge < -0.3 is 15.0 Å². The van der Waals surface area contributed by atoms with Crippen molar-refractivity contribution in [2.75, 3.05) is 26.7 Å². The number of carbonyl (C=O) groups is 2. The van der Waals surface area contributed by atoms with Gasteiger partial charge in [0, 0.05) is 13.1 Å². The van der Waals surface area contributed by atoms with Gasteiger partial charge in [0.25, 0.3) is 0 Å². The number of hydrogen-bond donors (Lipinski definition) is 1. The number of piperidine rings is 1. The lowest BCUT2D eigenvalue weighted by atomic mass is 10.00. The summed E-state index contributed by atoms with van der Waals surface area (Å²) < 4.78 is 4.43. The average molecular weight is 214 g/mol. The third-order valence-electron chi connectivity index (χ3n) is 2.68. The van der Waals surface area contributed by atoms with Gasteiger partial charge in [0.1, 0.15) is 6.54 Å². The molecule has 5 nitrogen and oxygen atoms in total. The first-order valence-electron chi connectivity index (χ1n) is 5.23. The molecule has 15 heavy (non-hydrogen) atoms. The number of methoxy groups -OCH3 is 1. The van der Waals surface area contributed by atoms with Crippen LogP contribution in [0, 0.1) is 5.92 Å². The van der Waals surface area contributed by atoms with Crippen LogP contribution in [0.25, 0.3) is 0 Å². The van der Waals surface area contributed by atoms with E-state index in [1.807, 2.05) is 0 Å². The van der Waals surface area contributed by atoms with Crippen LogP contribution < -0.4 is 5.32 Å². The van der Waals surface area contributed by atoms with Crippen LogP contribution in [0.4, 0.5) is 4.79 Å². The topological polar surface area (TPSA) is 58.6 Å². The van der Waals surface area contributed by atoms with Crippen LogP contribution in [0.2, 0.25) is 0 Å². The minimum atomic E-state index is -0.422. The van der Waals surface area contributed by atoms with Gasteiger partial charge in [-0.1, -0.05) is 6.92 Å². The maximum atomic E-state index is 11.5. The maximum absolute atomic E-state index is 11.5. The van der Waals surface area contributed by atoms with Crippen LogP contribution in [-0.4, -0.2) is 43.6 Å². The number of likely N-dealkylation sites (tertiary alicyclic amines) is 1. The molecule has 86 valence electrons. The van der Waals surface area contributed by atoms with Crippen molar-refractivity contribution in [1.29, 1.82) is 0 Å². The summed E-state index contributed by atoms with van der Waals surface area (Å²) in [5.41, 5.74) is 0. The van der Waals surface area contributed by atoms with Crippen LogP contribution in [0.15, 0.2) is 0 Å². The van der Waals surface area contributed by atoms with Gasteiger partial charge in [0.2, 0.25) is 0 Å². The zero-order valence-corrected chi connectivity index (χ0v) is 9.28. The van der Waals surface area contributed by atoms with Crippen molar-refractivity contribution < 1.29 is 14.3 Å². The molecule has 0 spiro atoms. The quantitative estimate of drug-likeness (QED) is 0.685. The largest absolute Gasteiger partial charge is 0.468 e. The zero-order chi connectivity index (χ0) is 11.3. The van der Waals surface area contributed by atoms with Crippen LogP contribution in [-0.2, 0) is 9.53 Å². The van der Waals surface area contributed by atoms with E-state index in [1.165, 1.54) is 7.11 Å². The maximum Gasteiger partial charge on any atom is 0.325 e. The monoisotopic (exact) mass is 214 g/mol. The van der Waals surface area contributed by atoms with Crippen LogP contribution >= 0.6 is 0 Å². The fourth-order valence-electron chi connectivity index (χ4n) is 1.54. The van der Waals surface area contributed by atoms with Crippen molar-refractivity contribution in [3.05, 3.63) is 0 Å². The first-order valence-corrected chi connectivity index (χ1v) is 5.23.